The second-order valence-corrected chi connectivity index (χ2v) is 3.62. The molecule has 17 heavy (non-hydrogen) atoms. The first-order valence-electron chi connectivity index (χ1n) is 5.17. The van der Waals surface area contributed by atoms with Crippen LogP contribution in [-0.4, -0.2) is 22.9 Å². The van der Waals surface area contributed by atoms with Crippen LogP contribution in [0.15, 0.2) is 36.8 Å². The van der Waals surface area contributed by atoms with Gasteiger partial charge in [0.05, 0.1) is 18.9 Å². The standard InChI is InChI=1S/C13H12N2O2/c1-9-3-4-12(17-2)10(7-9)13(16)11-8-14-5-6-15-11/h3-8H,1-2H3. The molecule has 0 aliphatic heterocycles. The lowest BCUT2D eigenvalue weighted by molar-refractivity contribution is 0.103. The van der Waals surface area contributed by atoms with E-state index in [4.69, 9.17) is 4.74 Å². The predicted molar refractivity (Wildman–Crippen MR) is 63.2 cm³/mol. The summed E-state index contributed by atoms with van der Waals surface area (Å²) in [6, 6.07) is 5.46. The summed E-state index contributed by atoms with van der Waals surface area (Å²) in [6.45, 7) is 1.92. The minimum absolute atomic E-state index is 0.182. The molecular formula is C13H12N2O2. The van der Waals surface area contributed by atoms with Crippen molar-refractivity contribution in [1.29, 1.82) is 0 Å². The zero-order valence-electron chi connectivity index (χ0n) is 9.68. The van der Waals surface area contributed by atoms with Gasteiger partial charge in [0.2, 0.25) is 5.78 Å². The maximum absolute atomic E-state index is 12.2. The molecule has 0 bridgehead atoms. The Labute approximate surface area is 99.3 Å². The number of hydrogen-bond acceptors (Lipinski definition) is 4. The predicted octanol–water partition coefficient (Wildman–Crippen LogP) is 2.02. The van der Waals surface area contributed by atoms with Crippen LogP contribution in [0.5, 0.6) is 5.75 Å². The van der Waals surface area contributed by atoms with Gasteiger partial charge in [0.25, 0.3) is 0 Å². The minimum atomic E-state index is -0.182. The Balaban J connectivity index is 2.47. The number of carbonyl (C=O) groups is 1. The average molecular weight is 228 g/mol. The molecule has 0 aliphatic carbocycles. The van der Waals surface area contributed by atoms with Crippen LogP contribution in [-0.2, 0) is 0 Å². The van der Waals surface area contributed by atoms with E-state index in [-0.39, 0.29) is 5.78 Å². The lowest BCUT2D eigenvalue weighted by Gasteiger charge is -2.07. The molecule has 0 spiro atoms. The summed E-state index contributed by atoms with van der Waals surface area (Å²) in [4.78, 5) is 20.1. The molecule has 2 aromatic rings. The highest BCUT2D eigenvalue weighted by Crippen LogP contribution is 2.21. The van der Waals surface area contributed by atoms with Gasteiger partial charge < -0.3 is 4.74 Å². The highest BCUT2D eigenvalue weighted by Gasteiger charge is 2.15. The van der Waals surface area contributed by atoms with Crippen molar-refractivity contribution in [1.82, 2.24) is 9.97 Å². The number of carbonyl (C=O) groups excluding carboxylic acids is 1. The summed E-state index contributed by atoms with van der Waals surface area (Å²) in [5.74, 6) is 0.366. The van der Waals surface area contributed by atoms with Crippen molar-refractivity contribution < 1.29 is 9.53 Å². The van der Waals surface area contributed by atoms with Gasteiger partial charge in [0.1, 0.15) is 11.4 Å². The second kappa shape index (κ2) is 4.74. The molecule has 0 atom stereocenters. The molecular weight excluding hydrogens is 216 g/mol. The molecule has 0 saturated carbocycles. The zero-order chi connectivity index (χ0) is 12.3. The van der Waals surface area contributed by atoms with Gasteiger partial charge in [0, 0.05) is 12.4 Å². The summed E-state index contributed by atoms with van der Waals surface area (Å²) in [5, 5.41) is 0. The number of benzene rings is 1. The molecule has 4 heteroatoms. The third-order valence-corrected chi connectivity index (χ3v) is 2.40. The quantitative estimate of drug-likeness (QED) is 0.754. The van der Waals surface area contributed by atoms with Gasteiger partial charge in [-0.2, -0.15) is 0 Å². The van der Waals surface area contributed by atoms with Gasteiger partial charge in [-0.3, -0.25) is 9.78 Å². The molecule has 4 nitrogen and oxygen atoms in total. The molecule has 0 saturated heterocycles. The molecule has 0 aliphatic rings. The lowest BCUT2D eigenvalue weighted by Crippen LogP contribution is -2.06. The van der Waals surface area contributed by atoms with E-state index >= 15 is 0 Å². The Morgan fingerprint density at radius 3 is 2.76 bits per heavy atom. The van der Waals surface area contributed by atoms with E-state index in [1.807, 2.05) is 13.0 Å². The van der Waals surface area contributed by atoms with E-state index < -0.39 is 0 Å². The fourth-order valence-electron chi connectivity index (χ4n) is 1.55. The third-order valence-electron chi connectivity index (χ3n) is 2.40. The molecule has 1 aromatic carbocycles. The number of ether oxygens (including phenoxy) is 1. The molecule has 2 rings (SSSR count). The van der Waals surface area contributed by atoms with Crippen LogP contribution in [0.25, 0.3) is 0 Å². The molecule has 1 heterocycles. The fraction of sp³-hybridized carbons (Fsp3) is 0.154. The van der Waals surface area contributed by atoms with E-state index in [0.29, 0.717) is 17.0 Å². The number of aryl methyl sites for hydroxylation is 1. The van der Waals surface area contributed by atoms with Crippen molar-refractivity contribution in [2.24, 2.45) is 0 Å². The fourth-order valence-corrected chi connectivity index (χ4v) is 1.55. The summed E-state index contributed by atoms with van der Waals surface area (Å²) >= 11 is 0. The third kappa shape index (κ3) is 2.30. The van der Waals surface area contributed by atoms with Gasteiger partial charge in [-0.15, -0.1) is 0 Å². The molecule has 0 N–H and O–H groups in total. The van der Waals surface area contributed by atoms with Crippen molar-refractivity contribution in [3.63, 3.8) is 0 Å². The summed E-state index contributed by atoms with van der Waals surface area (Å²) < 4.78 is 5.17. The summed E-state index contributed by atoms with van der Waals surface area (Å²) in [5.41, 5.74) is 1.82. The van der Waals surface area contributed by atoms with Crippen LogP contribution in [0.3, 0.4) is 0 Å². The normalized spacial score (nSPS) is 10.0. The number of hydrogen-bond donors (Lipinski definition) is 0. The summed E-state index contributed by atoms with van der Waals surface area (Å²) in [6.07, 6.45) is 4.48. The van der Waals surface area contributed by atoms with Crippen molar-refractivity contribution in [2.75, 3.05) is 7.11 Å². The van der Waals surface area contributed by atoms with Crippen molar-refractivity contribution in [3.8, 4) is 5.75 Å². The van der Waals surface area contributed by atoms with Gasteiger partial charge in [-0.25, -0.2) is 4.98 Å². The van der Waals surface area contributed by atoms with Crippen LogP contribution in [0.1, 0.15) is 21.6 Å². The lowest BCUT2D eigenvalue weighted by atomic mass is 10.0. The van der Waals surface area contributed by atoms with E-state index in [1.54, 1.807) is 12.1 Å². The molecule has 0 radical (unpaired) electrons. The van der Waals surface area contributed by atoms with Gasteiger partial charge in [0.15, 0.2) is 0 Å². The van der Waals surface area contributed by atoms with Crippen LogP contribution in [0.2, 0.25) is 0 Å². The smallest absolute Gasteiger partial charge is 0.216 e. The Morgan fingerprint density at radius 2 is 2.12 bits per heavy atom. The molecule has 1 aromatic heterocycles. The first-order valence-corrected chi connectivity index (χ1v) is 5.17. The van der Waals surface area contributed by atoms with Crippen molar-refractivity contribution in [2.45, 2.75) is 6.92 Å². The number of nitrogens with zero attached hydrogens (tertiary/aromatic N) is 2. The van der Waals surface area contributed by atoms with Crippen LogP contribution in [0, 0.1) is 6.92 Å². The van der Waals surface area contributed by atoms with E-state index in [1.165, 1.54) is 25.7 Å². The number of aromatic nitrogens is 2. The van der Waals surface area contributed by atoms with E-state index in [9.17, 15) is 4.79 Å². The van der Waals surface area contributed by atoms with Crippen molar-refractivity contribution in [3.05, 3.63) is 53.6 Å². The highest BCUT2D eigenvalue weighted by molar-refractivity contribution is 6.09. The summed E-state index contributed by atoms with van der Waals surface area (Å²) in [7, 11) is 1.54. The number of methoxy groups -OCH3 is 1. The van der Waals surface area contributed by atoms with Crippen molar-refractivity contribution >= 4 is 5.78 Å². The monoisotopic (exact) mass is 228 g/mol. The van der Waals surface area contributed by atoms with Crippen LogP contribution < -0.4 is 4.74 Å². The molecule has 0 fully saturated rings. The first-order chi connectivity index (χ1) is 8.22. The van der Waals surface area contributed by atoms with E-state index in [0.717, 1.165) is 5.56 Å². The average Bonchev–Trinajstić information content (AvgIpc) is 2.39. The van der Waals surface area contributed by atoms with Gasteiger partial charge in [-0.1, -0.05) is 11.6 Å². The molecule has 0 unspecified atom stereocenters. The van der Waals surface area contributed by atoms with Gasteiger partial charge >= 0.3 is 0 Å². The SMILES string of the molecule is COc1ccc(C)cc1C(=O)c1cnccn1. The Hall–Kier alpha value is -2.23. The van der Waals surface area contributed by atoms with Crippen LogP contribution in [0.4, 0.5) is 0 Å². The highest BCUT2D eigenvalue weighted by atomic mass is 16.5. The molecule has 86 valence electrons. The van der Waals surface area contributed by atoms with E-state index in [2.05, 4.69) is 9.97 Å². The maximum atomic E-state index is 12.2. The Bertz CT molecular complexity index is 538. The topological polar surface area (TPSA) is 52.1 Å². The number of ketones is 1. The zero-order valence-corrected chi connectivity index (χ0v) is 9.68. The minimum Gasteiger partial charge on any atom is -0.496 e. The molecule has 0 amide bonds. The maximum Gasteiger partial charge on any atom is 0.216 e. The Kier molecular flexibility index (Phi) is 3.14. The number of rotatable bonds is 3. The second-order valence-electron chi connectivity index (χ2n) is 3.62. The first kappa shape index (κ1) is 11.3. The Morgan fingerprint density at radius 1 is 1.29 bits per heavy atom. The van der Waals surface area contributed by atoms with Crippen LogP contribution >= 0.6 is 0 Å². The largest absolute Gasteiger partial charge is 0.496 e. The van der Waals surface area contributed by atoms with Gasteiger partial charge in [-0.05, 0) is 19.1 Å².